The van der Waals surface area contributed by atoms with Crippen LogP contribution in [0.3, 0.4) is 0 Å². The van der Waals surface area contributed by atoms with E-state index in [4.69, 9.17) is 10.5 Å². The number of carbonyl (C=O) groups excluding carboxylic acids is 2. The van der Waals surface area contributed by atoms with Crippen molar-refractivity contribution in [3.63, 3.8) is 0 Å². The van der Waals surface area contributed by atoms with Crippen LogP contribution < -0.4 is 5.73 Å². The second-order valence-electron chi connectivity index (χ2n) is 5.90. The number of hydrogen-bond donors (Lipinski definition) is 1. The van der Waals surface area contributed by atoms with Gasteiger partial charge in [-0.25, -0.2) is 0 Å². The summed E-state index contributed by atoms with van der Waals surface area (Å²) in [6, 6.07) is 4.63. The molecule has 1 saturated heterocycles. The molecule has 8 heteroatoms. The molecule has 1 fully saturated rings. The monoisotopic (exact) mass is 344 g/mol. The lowest BCUT2D eigenvalue weighted by Gasteiger charge is -2.37. The summed E-state index contributed by atoms with van der Waals surface area (Å²) in [6.45, 7) is 0.289. The Labute approximate surface area is 137 Å². The van der Waals surface area contributed by atoms with Gasteiger partial charge in [0.1, 0.15) is 0 Å². The van der Waals surface area contributed by atoms with Gasteiger partial charge < -0.3 is 15.4 Å². The van der Waals surface area contributed by atoms with E-state index in [9.17, 15) is 22.8 Å². The zero-order chi connectivity index (χ0) is 18.0. The molecule has 2 N–H and O–H groups in total. The molecule has 1 aliphatic heterocycles. The van der Waals surface area contributed by atoms with Crippen molar-refractivity contribution in [1.82, 2.24) is 4.90 Å². The van der Waals surface area contributed by atoms with Crippen molar-refractivity contribution in [1.29, 1.82) is 0 Å². The van der Waals surface area contributed by atoms with Crippen molar-refractivity contribution in [2.24, 2.45) is 5.73 Å². The highest BCUT2D eigenvalue weighted by Crippen LogP contribution is 2.37. The van der Waals surface area contributed by atoms with E-state index in [-0.39, 0.29) is 19.6 Å². The van der Waals surface area contributed by atoms with Gasteiger partial charge in [0.05, 0.1) is 29.7 Å². The lowest BCUT2D eigenvalue weighted by Crippen LogP contribution is -2.52. The third kappa shape index (κ3) is 3.53. The third-order valence-corrected chi connectivity index (χ3v) is 4.22. The molecule has 1 heterocycles. The van der Waals surface area contributed by atoms with Gasteiger partial charge in [0.15, 0.2) is 0 Å². The molecule has 1 aromatic carbocycles. The Morgan fingerprint density at radius 2 is 2.00 bits per heavy atom. The molecule has 1 aliphatic rings. The number of rotatable bonds is 5. The van der Waals surface area contributed by atoms with Crippen LogP contribution in [0.4, 0.5) is 13.2 Å². The van der Waals surface area contributed by atoms with Crippen LogP contribution >= 0.6 is 0 Å². The van der Waals surface area contributed by atoms with Crippen LogP contribution in [0.25, 0.3) is 0 Å². The van der Waals surface area contributed by atoms with Crippen LogP contribution in [0.2, 0.25) is 0 Å². The fourth-order valence-corrected chi connectivity index (χ4v) is 3.30. The van der Waals surface area contributed by atoms with Crippen LogP contribution in [-0.4, -0.2) is 42.5 Å². The minimum Gasteiger partial charge on any atom is -0.382 e. The van der Waals surface area contributed by atoms with Crippen LogP contribution in [0.1, 0.15) is 35.2 Å². The number of carbonyl (C=O) groups is 2. The second kappa shape index (κ2) is 6.80. The van der Waals surface area contributed by atoms with E-state index >= 15 is 0 Å². The van der Waals surface area contributed by atoms with E-state index in [2.05, 4.69) is 0 Å². The van der Waals surface area contributed by atoms with Gasteiger partial charge in [-0.15, -0.1) is 0 Å². The van der Waals surface area contributed by atoms with E-state index in [0.717, 1.165) is 12.1 Å². The number of likely N-dealkylation sites (tertiary alicyclic amines) is 1. The normalized spacial score (nSPS) is 21.1. The third-order valence-electron chi connectivity index (χ3n) is 4.22. The molecule has 0 radical (unpaired) electrons. The summed E-state index contributed by atoms with van der Waals surface area (Å²) >= 11 is 0. The number of amides is 2. The number of primary amides is 1. The zero-order valence-electron chi connectivity index (χ0n) is 13.2. The van der Waals surface area contributed by atoms with Crippen molar-refractivity contribution in [3.05, 3.63) is 35.4 Å². The Bertz CT molecular complexity index is 633. The maximum atomic E-state index is 13.2. The first-order valence-electron chi connectivity index (χ1n) is 7.47. The highest BCUT2D eigenvalue weighted by Gasteiger charge is 2.46. The number of halogens is 3. The van der Waals surface area contributed by atoms with Gasteiger partial charge in [0.25, 0.3) is 5.91 Å². The van der Waals surface area contributed by atoms with Gasteiger partial charge in [-0.3, -0.25) is 9.59 Å². The quantitative estimate of drug-likeness (QED) is 0.890. The maximum absolute atomic E-state index is 13.2. The van der Waals surface area contributed by atoms with Crippen molar-refractivity contribution in [3.8, 4) is 0 Å². The van der Waals surface area contributed by atoms with E-state index in [1.54, 1.807) is 0 Å². The minimum absolute atomic E-state index is 0.0376. The van der Waals surface area contributed by atoms with Crippen molar-refractivity contribution in [2.45, 2.75) is 31.0 Å². The summed E-state index contributed by atoms with van der Waals surface area (Å²) in [5, 5.41) is 0. The van der Waals surface area contributed by atoms with E-state index in [0.29, 0.717) is 12.8 Å². The fourth-order valence-electron chi connectivity index (χ4n) is 3.30. The van der Waals surface area contributed by atoms with Gasteiger partial charge >= 0.3 is 6.18 Å². The molecule has 2 rings (SSSR count). The molecule has 132 valence electrons. The Kier molecular flexibility index (Phi) is 5.17. The molecule has 0 spiro atoms. The lowest BCUT2D eigenvalue weighted by molar-refractivity contribution is -0.138. The van der Waals surface area contributed by atoms with Crippen LogP contribution in [0.5, 0.6) is 0 Å². The van der Waals surface area contributed by atoms with E-state index < -0.39 is 34.7 Å². The van der Waals surface area contributed by atoms with E-state index in [1.165, 1.54) is 24.1 Å². The first-order valence-corrected chi connectivity index (χ1v) is 7.47. The number of methoxy groups -OCH3 is 1. The predicted octanol–water partition coefficient (Wildman–Crippen LogP) is 2.20. The molecule has 0 bridgehead atoms. The largest absolute Gasteiger partial charge is 0.417 e. The number of nitrogens with zero attached hydrogens (tertiary/aromatic N) is 1. The molecule has 1 atom stereocenters. The molecule has 0 aliphatic carbocycles. The van der Waals surface area contributed by atoms with Crippen LogP contribution in [0, 0.1) is 0 Å². The molecule has 0 aromatic heterocycles. The van der Waals surface area contributed by atoms with Gasteiger partial charge in [-0.05, 0) is 25.0 Å². The van der Waals surface area contributed by atoms with Gasteiger partial charge in [-0.2, -0.15) is 13.2 Å². The Morgan fingerprint density at radius 3 is 2.58 bits per heavy atom. The van der Waals surface area contributed by atoms with Crippen LogP contribution in [-0.2, 0) is 15.7 Å². The average Bonchev–Trinajstić information content (AvgIpc) is 2.88. The number of ether oxygens (including phenoxy) is 1. The highest BCUT2D eigenvalue weighted by atomic mass is 19.4. The highest BCUT2D eigenvalue weighted by molar-refractivity contribution is 5.97. The summed E-state index contributed by atoms with van der Waals surface area (Å²) in [7, 11) is 1.41. The molecule has 0 saturated carbocycles. The molecule has 24 heavy (non-hydrogen) atoms. The Hall–Kier alpha value is -2.09. The fraction of sp³-hybridized carbons (Fsp3) is 0.500. The van der Waals surface area contributed by atoms with Crippen molar-refractivity contribution < 1.29 is 27.5 Å². The van der Waals surface area contributed by atoms with Gasteiger partial charge in [-0.1, -0.05) is 12.1 Å². The number of hydrogen-bond acceptors (Lipinski definition) is 3. The zero-order valence-corrected chi connectivity index (χ0v) is 13.2. The van der Waals surface area contributed by atoms with Crippen LogP contribution in [0.15, 0.2) is 24.3 Å². The number of benzene rings is 1. The summed E-state index contributed by atoms with van der Waals surface area (Å²) < 4.78 is 44.7. The SMILES string of the molecule is COC[C@]1(CC(N)=O)CCCN1C(=O)c1ccccc1C(F)(F)F. The first kappa shape index (κ1) is 18.3. The molecular formula is C16H19F3N2O3. The maximum Gasteiger partial charge on any atom is 0.417 e. The molecule has 1 aromatic rings. The Balaban J connectivity index is 2.43. The summed E-state index contributed by atoms with van der Waals surface area (Å²) in [4.78, 5) is 25.5. The molecule has 5 nitrogen and oxygen atoms in total. The summed E-state index contributed by atoms with van der Waals surface area (Å²) in [5.74, 6) is -1.39. The van der Waals surface area contributed by atoms with Crippen molar-refractivity contribution >= 4 is 11.8 Å². The average molecular weight is 344 g/mol. The Morgan fingerprint density at radius 1 is 1.33 bits per heavy atom. The van der Waals surface area contributed by atoms with Gasteiger partial charge in [0.2, 0.25) is 5.91 Å². The summed E-state index contributed by atoms with van der Waals surface area (Å²) in [5.41, 5.74) is 2.85. The number of nitrogens with two attached hydrogens (primary N) is 1. The lowest BCUT2D eigenvalue weighted by atomic mass is 9.91. The number of alkyl halides is 3. The van der Waals surface area contributed by atoms with Crippen molar-refractivity contribution in [2.75, 3.05) is 20.3 Å². The molecular weight excluding hydrogens is 325 g/mol. The topological polar surface area (TPSA) is 72.6 Å². The summed E-state index contributed by atoms with van der Waals surface area (Å²) in [6.07, 6.45) is -3.78. The smallest absolute Gasteiger partial charge is 0.382 e. The second-order valence-corrected chi connectivity index (χ2v) is 5.90. The molecule has 2 amide bonds. The minimum atomic E-state index is -4.64. The van der Waals surface area contributed by atoms with E-state index in [1.807, 2.05) is 0 Å². The predicted molar refractivity (Wildman–Crippen MR) is 80.1 cm³/mol. The first-order chi connectivity index (χ1) is 11.2. The molecule has 0 unspecified atom stereocenters. The van der Waals surface area contributed by atoms with Gasteiger partial charge in [0, 0.05) is 13.7 Å². The standard InChI is InChI=1S/C16H19F3N2O3/c1-24-10-15(9-13(20)22)7-4-8-21(15)14(23)11-5-2-3-6-12(11)16(17,18)19/h2-3,5-6H,4,7-10H2,1H3,(H2,20,22)/t15-/m1/s1.